The summed E-state index contributed by atoms with van der Waals surface area (Å²) in [4.78, 5) is 1.20. The number of benzene rings is 1. The maximum Gasteiger partial charge on any atom is 0.0832 e. The van der Waals surface area contributed by atoms with Gasteiger partial charge in [-0.1, -0.05) is 49.0 Å². The van der Waals surface area contributed by atoms with Gasteiger partial charge in [0.2, 0.25) is 0 Å². The third-order valence-electron chi connectivity index (χ3n) is 3.15. The van der Waals surface area contributed by atoms with Gasteiger partial charge in [0.05, 0.1) is 16.6 Å². The summed E-state index contributed by atoms with van der Waals surface area (Å²) in [6, 6.07) is 8.14. The quantitative estimate of drug-likeness (QED) is 0.859. The highest BCUT2D eigenvalue weighted by atomic mass is 35.5. The van der Waals surface area contributed by atoms with Crippen LogP contribution in [-0.2, 0) is 0 Å². The zero-order chi connectivity index (χ0) is 14.5. The zero-order valence-electron chi connectivity index (χ0n) is 12.1. The molecule has 0 fully saturated rings. The van der Waals surface area contributed by atoms with Gasteiger partial charge in [-0.2, -0.15) is 0 Å². The highest BCUT2D eigenvalue weighted by molar-refractivity contribution is 7.05. The molecule has 1 aromatic heterocycles. The third kappa shape index (κ3) is 3.57. The maximum absolute atomic E-state index is 5.98. The van der Waals surface area contributed by atoms with Gasteiger partial charge in [0.25, 0.3) is 0 Å². The fourth-order valence-electron chi connectivity index (χ4n) is 2.11. The van der Waals surface area contributed by atoms with Crippen molar-refractivity contribution >= 4 is 23.1 Å². The first kappa shape index (κ1) is 15.4. The van der Waals surface area contributed by atoms with Crippen molar-refractivity contribution in [3.8, 4) is 0 Å². The Hall–Kier alpha value is -0.970. The minimum absolute atomic E-state index is 0.143. The number of nitrogens with zero attached hydrogens (tertiary/aromatic N) is 2. The number of nitrogens with one attached hydrogen (secondary N) is 1. The molecule has 1 heterocycles. The van der Waals surface area contributed by atoms with Crippen LogP contribution in [0, 0.1) is 0 Å². The van der Waals surface area contributed by atoms with E-state index in [1.165, 1.54) is 22.0 Å². The van der Waals surface area contributed by atoms with Crippen LogP contribution in [0.4, 0.5) is 0 Å². The van der Waals surface area contributed by atoms with Gasteiger partial charge in [-0.3, -0.25) is 0 Å². The largest absolute Gasteiger partial charge is 0.305 e. The summed E-state index contributed by atoms with van der Waals surface area (Å²) >= 11 is 7.46. The van der Waals surface area contributed by atoms with E-state index in [4.69, 9.17) is 11.6 Å². The first-order valence-electron chi connectivity index (χ1n) is 6.94. The van der Waals surface area contributed by atoms with Crippen LogP contribution in [-0.4, -0.2) is 16.1 Å². The van der Waals surface area contributed by atoms with Gasteiger partial charge in [-0.15, -0.1) is 5.10 Å². The Kier molecular flexibility index (Phi) is 5.52. The Morgan fingerprint density at radius 3 is 2.55 bits per heavy atom. The van der Waals surface area contributed by atoms with E-state index in [0.717, 1.165) is 23.7 Å². The van der Waals surface area contributed by atoms with Crippen LogP contribution in [0.1, 0.15) is 55.3 Å². The standard InChI is InChI=1S/C15H20ClN3S/c1-4-9-17-14(11-5-7-12(16)8-6-11)15-13(10(2)3)18-19-20-15/h5-8,10,14,17H,4,9H2,1-3H3. The molecule has 1 atom stereocenters. The Labute approximate surface area is 129 Å². The first-order valence-corrected chi connectivity index (χ1v) is 8.09. The van der Waals surface area contributed by atoms with Crippen LogP contribution in [0.25, 0.3) is 0 Å². The number of hydrogen-bond acceptors (Lipinski definition) is 4. The molecule has 0 radical (unpaired) electrons. The third-order valence-corrected chi connectivity index (χ3v) is 4.21. The number of rotatable bonds is 6. The van der Waals surface area contributed by atoms with Crippen molar-refractivity contribution in [1.82, 2.24) is 14.9 Å². The van der Waals surface area contributed by atoms with Crippen LogP contribution in [0.3, 0.4) is 0 Å². The molecule has 0 saturated heterocycles. The molecule has 3 nitrogen and oxygen atoms in total. The first-order chi connectivity index (χ1) is 9.63. The number of aromatic nitrogens is 2. The van der Waals surface area contributed by atoms with Crippen LogP contribution in [0.15, 0.2) is 24.3 Å². The van der Waals surface area contributed by atoms with Crippen molar-refractivity contribution < 1.29 is 0 Å². The van der Waals surface area contributed by atoms with Gasteiger partial charge in [0, 0.05) is 5.02 Å². The van der Waals surface area contributed by atoms with Crippen molar-refractivity contribution in [3.63, 3.8) is 0 Å². The van der Waals surface area contributed by atoms with Crippen LogP contribution in [0.5, 0.6) is 0 Å². The molecule has 2 aromatic rings. The number of halogens is 1. The molecule has 0 bridgehead atoms. The molecule has 0 spiro atoms. The molecular formula is C15H20ClN3S. The van der Waals surface area contributed by atoms with E-state index in [1.807, 2.05) is 12.1 Å². The Bertz CT molecular complexity index is 536. The minimum Gasteiger partial charge on any atom is -0.305 e. The van der Waals surface area contributed by atoms with E-state index in [2.05, 4.69) is 47.8 Å². The molecule has 0 aliphatic carbocycles. The average Bonchev–Trinajstić information content (AvgIpc) is 2.90. The molecule has 5 heteroatoms. The van der Waals surface area contributed by atoms with Gasteiger partial charge in [-0.05, 0) is 48.1 Å². The van der Waals surface area contributed by atoms with Crippen molar-refractivity contribution in [1.29, 1.82) is 0 Å². The summed E-state index contributed by atoms with van der Waals surface area (Å²) in [5.41, 5.74) is 2.29. The van der Waals surface area contributed by atoms with Crippen molar-refractivity contribution in [3.05, 3.63) is 45.4 Å². The van der Waals surface area contributed by atoms with Crippen LogP contribution in [0.2, 0.25) is 5.02 Å². The van der Waals surface area contributed by atoms with Crippen molar-refractivity contribution in [2.45, 2.75) is 39.2 Å². The molecule has 0 aliphatic heterocycles. The Morgan fingerprint density at radius 1 is 1.25 bits per heavy atom. The van der Waals surface area contributed by atoms with Crippen molar-refractivity contribution in [2.24, 2.45) is 0 Å². The van der Waals surface area contributed by atoms with Gasteiger partial charge in [0.15, 0.2) is 0 Å². The lowest BCUT2D eigenvalue weighted by Gasteiger charge is -2.19. The maximum atomic E-state index is 5.98. The SMILES string of the molecule is CCCNC(c1ccc(Cl)cc1)c1snnc1C(C)C. The zero-order valence-corrected chi connectivity index (χ0v) is 13.6. The normalized spacial score (nSPS) is 12.8. The second kappa shape index (κ2) is 7.16. The predicted octanol–water partition coefficient (Wildman–Crippen LogP) is 4.40. The second-order valence-corrected chi connectivity index (χ2v) is 6.34. The summed E-state index contributed by atoms with van der Waals surface area (Å²) in [6.07, 6.45) is 1.09. The summed E-state index contributed by atoms with van der Waals surface area (Å²) in [7, 11) is 0. The molecule has 1 unspecified atom stereocenters. The van der Waals surface area contributed by atoms with Gasteiger partial charge in [-0.25, -0.2) is 0 Å². The fourth-order valence-corrected chi connectivity index (χ4v) is 3.15. The topological polar surface area (TPSA) is 37.8 Å². The summed E-state index contributed by atoms with van der Waals surface area (Å²) in [5.74, 6) is 0.377. The highest BCUT2D eigenvalue weighted by Gasteiger charge is 2.22. The Balaban J connectivity index is 2.36. The lowest BCUT2D eigenvalue weighted by molar-refractivity contribution is 0.596. The highest BCUT2D eigenvalue weighted by Crippen LogP contribution is 2.31. The molecule has 1 aromatic carbocycles. The second-order valence-electron chi connectivity index (χ2n) is 5.12. The minimum atomic E-state index is 0.143. The summed E-state index contributed by atoms with van der Waals surface area (Å²) < 4.78 is 4.14. The van der Waals surface area contributed by atoms with E-state index in [0.29, 0.717) is 5.92 Å². The molecule has 0 saturated carbocycles. The smallest absolute Gasteiger partial charge is 0.0832 e. The molecule has 20 heavy (non-hydrogen) atoms. The molecule has 0 aliphatic rings. The van der Waals surface area contributed by atoms with E-state index < -0.39 is 0 Å². The van der Waals surface area contributed by atoms with E-state index >= 15 is 0 Å². The van der Waals surface area contributed by atoms with Crippen LogP contribution < -0.4 is 5.32 Å². The Morgan fingerprint density at radius 2 is 1.95 bits per heavy atom. The summed E-state index contributed by atoms with van der Waals surface area (Å²) in [5, 5.41) is 8.64. The van der Waals surface area contributed by atoms with Crippen molar-refractivity contribution in [2.75, 3.05) is 6.54 Å². The lowest BCUT2D eigenvalue weighted by Crippen LogP contribution is -2.23. The van der Waals surface area contributed by atoms with E-state index in [-0.39, 0.29) is 6.04 Å². The summed E-state index contributed by atoms with van der Waals surface area (Å²) in [6.45, 7) is 7.43. The van der Waals surface area contributed by atoms with E-state index in [1.54, 1.807) is 0 Å². The fraction of sp³-hybridized carbons (Fsp3) is 0.467. The average molecular weight is 310 g/mol. The van der Waals surface area contributed by atoms with Gasteiger partial charge in [0.1, 0.15) is 0 Å². The molecule has 0 amide bonds. The monoisotopic (exact) mass is 309 g/mol. The molecule has 2 rings (SSSR count). The molecule has 1 N–H and O–H groups in total. The number of hydrogen-bond donors (Lipinski definition) is 1. The van der Waals surface area contributed by atoms with Gasteiger partial charge >= 0.3 is 0 Å². The van der Waals surface area contributed by atoms with Crippen LogP contribution >= 0.6 is 23.1 Å². The van der Waals surface area contributed by atoms with Gasteiger partial charge < -0.3 is 5.32 Å². The molecule has 108 valence electrons. The predicted molar refractivity (Wildman–Crippen MR) is 85.6 cm³/mol. The van der Waals surface area contributed by atoms with E-state index in [9.17, 15) is 0 Å². The lowest BCUT2D eigenvalue weighted by atomic mass is 10.00. The molecular weight excluding hydrogens is 290 g/mol.